The molecule has 2 rings (SSSR count). The number of amides is 1. The van der Waals surface area contributed by atoms with Crippen LogP contribution in [0.15, 0.2) is 47.4 Å². The third-order valence-corrected chi connectivity index (χ3v) is 6.79. The molecule has 0 radical (unpaired) electrons. The maximum absolute atomic E-state index is 12.5. The molecule has 0 spiro atoms. The smallest absolute Gasteiger partial charge is 0.241 e. The molecule has 0 fully saturated rings. The van der Waals surface area contributed by atoms with E-state index in [-0.39, 0.29) is 4.90 Å². The first-order chi connectivity index (χ1) is 13.3. The highest BCUT2D eigenvalue weighted by molar-refractivity contribution is 7.92. The Morgan fingerprint density at radius 1 is 1.07 bits per heavy atom. The van der Waals surface area contributed by atoms with Crippen LogP contribution in [0.2, 0.25) is 5.02 Å². The second-order valence-corrected chi connectivity index (χ2v) is 11.2. The molecule has 0 aromatic heterocycles. The van der Waals surface area contributed by atoms with Crippen LogP contribution in [-0.2, 0) is 24.7 Å². The minimum absolute atomic E-state index is 0.182. The lowest BCUT2D eigenvalue weighted by Gasteiger charge is -2.25. The number of hydrogen-bond acceptors (Lipinski definition) is 5. The van der Waals surface area contributed by atoms with Gasteiger partial charge in [-0.1, -0.05) is 23.7 Å². The summed E-state index contributed by atoms with van der Waals surface area (Å²) >= 11 is 5.93. The van der Waals surface area contributed by atoms with E-state index in [1.165, 1.54) is 12.1 Å². The van der Waals surface area contributed by atoms with Gasteiger partial charge in [0.15, 0.2) is 9.84 Å². The van der Waals surface area contributed by atoms with Crippen LogP contribution in [0.25, 0.3) is 0 Å². The van der Waals surface area contributed by atoms with E-state index in [0.717, 1.165) is 16.8 Å². The summed E-state index contributed by atoms with van der Waals surface area (Å²) in [6.45, 7) is 3.04. The number of carbonyl (C=O) groups excluding carboxylic acids is 1. The van der Waals surface area contributed by atoms with Crippen LogP contribution in [0.3, 0.4) is 0 Å². The lowest BCUT2D eigenvalue weighted by atomic mass is 10.1. The second kappa shape index (κ2) is 8.73. The number of sulfonamides is 1. The fourth-order valence-electron chi connectivity index (χ4n) is 2.78. The maximum Gasteiger partial charge on any atom is 0.241 e. The van der Waals surface area contributed by atoms with Crippen molar-refractivity contribution in [3.8, 4) is 0 Å². The molecular weight excluding hydrogens is 436 g/mol. The first-order valence-electron chi connectivity index (χ1n) is 8.62. The standard InChI is InChI=1S/C19H23ClN2O5S2/c1-13-11-16(20)7-10-18(13)22(29(4,26)27)12-19(23)21-14(2)15-5-8-17(9-6-15)28(3,24)25/h5-11,14H,12H2,1-4H3,(H,21,23)/t14-/m0/s1. The zero-order valence-corrected chi connectivity index (χ0v) is 18.9. The molecule has 2 aromatic carbocycles. The fourth-order valence-corrected chi connectivity index (χ4v) is 4.56. The van der Waals surface area contributed by atoms with E-state index >= 15 is 0 Å². The van der Waals surface area contributed by atoms with Crippen molar-refractivity contribution in [3.05, 3.63) is 58.6 Å². The molecule has 0 bridgehead atoms. The Kier molecular flexibility index (Phi) is 6.97. The predicted octanol–water partition coefficient (Wildman–Crippen LogP) is 2.70. The fraction of sp³-hybridized carbons (Fsp3) is 0.316. The van der Waals surface area contributed by atoms with Gasteiger partial charge in [-0.3, -0.25) is 9.10 Å². The molecule has 29 heavy (non-hydrogen) atoms. The normalized spacial score (nSPS) is 13.0. The van der Waals surface area contributed by atoms with Gasteiger partial charge in [0, 0.05) is 11.3 Å². The van der Waals surface area contributed by atoms with Gasteiger partial charge in [-0.2, -0.15) is 0 Å². The molecule has 0 saturated carbocycles. The SMILES string of the molecule is Cc1cc(Cl)ccc1N(CC(=O)N[C@@H](C)c1ccc(S(C)(=O)=O)cc1)S(C)(=O)=O. The van der Waals surface area contributed by atoms with Crippen LogP contribution in [0.5, 0.6) is 0 Å². The first-order valence-corrected chi connectivity index (χ1v) is 12.7. The summed E-state index contributed by atoms with van der Waals surface area (Å²) in [4.78, 5) is 12.7. The number of benzene rings is 2. The second-order valence-electron chi connectivity index (χ2n) is 6.83. The number of carbonyl (C=O) groups is 1. The number of nitrogens with one attached hydrogen (secondary N) is 1. The van der Waals surface area contributed by atoms with E-state index in [4.69, 9.17) is 11.6 Å². The van der Waals surface area contributed by atoms with Crippen molar-refractivity contribution in [2.75, 3.05) is 23.4 Å². The summed E-state index contributed by atoms with van der Waals surface area (Å²) in [6, 6.07) is 10.5. The van der Waals surface area contributed by atoms with Gasteiger partial charge in [0.1, 0.15) is 6.54 Å². The lowest BCUT2D eigenvalue weighted by Crippen LogP contribution is -2.41. The molecule has 0 aliphatic heterocycles. The highest BCUT2D eigenvalue weighted by atomic mass is 35.5. The van der Waals surface area contributed by atoms with Crippen LogP contribution in [-0.4, -0.2) is 41.8 Å². The first kappa shape index (κ1) is 23.2. The van der Waals surface area contributed by atoms with Crippen LogP contribution >= 0.6 is 11.6 Å². The van der Waals surface area contributed by atoms with Gasteiger partial charge in [0.2, 0.25) is 15.9 Å². The molecule has 0 unspecified atom stereocenters. The van der Waals surface area contributed by atoms with E-state index in [1.807, 2.05) is 0 Å². The van der Waals surface area contributed by atoms with Crippen molar-refractivity contribution in [1.82, 2.24) is 5.32 Å². The molecule has 0 saturated heterocycles. The van der Waals surface area contributed by atoms with Crippen molar-refractivity contribution in [1.29, 1.82) is 0 Å². The minimum Gasteiger partial charge on any atom is -0.348 e. The molecule has 1 amide bonds. The number of hydrogen-bond donors (Lipinski definition) is 1. The van der Waals surface area contributed by atoms with Gasteiger partial charge in [-0.25, -0.2) is 16.8 Å². The number of sulfone groups is 1. The molecule has 0 aliphatic carbocycles. The quantitative estimate of drug-likeness (QED) is 0.687. The number of rotatable bonds is 7. The molecule has 7 nitrogen and oxygen atoms in total. The monoisotopic (exact) mass is 458 g/mol. The molecule has 0 heterocycles. The largest absolute Gasteiger partial charge is 0.348 e. The highest BCUT2D eigenvalue weighted by Gasteiger charge is 2.23. The van der Waals surface area contributed by atoms with Crippen LogP contribution in [0.1, 0.15) is 24.1 Å². The Morgan fingerprint density at radius 2 is 1.66 bits per heavy atom. The number of anilines is 1. The van der Waals surface area contributed by atoms with E-state index in [9.17, 15) is 21.6 Å². The molecule has 1 N–H and O–H groups in total. The third kappa shape index (κ3) is 6.19. The summed E-state index contributed by atoms with van der Waals surface area (Å²) in [7, 11) is -7.02. The molecule has 0 aliphatic rings. The Morgan fingerprint density at radius 3 is 2.14 bits per heavy atom. The number of nitrogens with zero attached hydrogens (tertiary/aromatic N) is 1. The predicted molar refractivity (Wildman–Crippen MR) is 114 cm³/mol. The minimum atomic E-state index is -3.71. The van der Waals surface area contributed by atoms with Crippen molar-refractivity contribution in [2.45, 2.75) is 24.8 Å². The van der Waals surface area contributed by atoms with Crippen LogP contribution < -0.4 is 9.62 Å². The average molecular weight is 459 g/mol. The van der Waals surface area contributed by atoms with E-state index < -0.39 is 38.4 Å². The molecule has 1 atom stereocenters. The van der Waals surface area contributed by atoms with Gasteiger partial charge in [0.25, 0.3) is 0 Å². The van der Waals surface area contributed by atoms with Crippen molar-refractivity contribution in [2.24, 2.45) is 0 Å². The van der Waals surface area contributed by atoms with Gasteiger partial charge < -0.3 is 5.32 Å². The van der Waals surface area contributed by atoms with Crippen molar-refractivity contribution in [3.63, 3.8) is 0 Å². The van der Waals surface area contributed by atoms with Gasteiger partial charge in [-0.15, -0.1) is 0 Å². The third-order valence-electron chi connectivity index (χ3n) is 4.30. The summed E-state index contributed by atoms with van der Waals surface area (Å²) in [5.74, 6) is -0.496. The Bertz CT molecular complexity index is 1110. The zero-order chi connectivity index (χ0) is 22.0. The summed E-state index contributed by atoms with van der Waals surface area (Å²) < 4.78 is 48.6. The molecule has 2 aromatic rings. The number of aryl methyl sites for hydroxylation is 1. The van der Waals surface area contributed by atoms with Crippen LogP contribution in [0, 0.1) is 6.92 Å². The Hall–Kier alpha value is -2.10. The zero-order valence-electron chi connectivity index (χ0n) is 16.5. The van der Waals surface area contributed by atoms with E-state index in [2.05, 4.69) is 5.32 Å². The summed E-state index contributed by atoms with van der Waals surface area (Å²) in [5.41, 5.74) is 1.69. The maximum atomic E-state index is 12.5. The van der Waals surface area contributed by atoms with E-state index in [0.29, 0.717) is 21.8 Å². The molecule has 158 valence electrons. The summed E-state index contributed by atoms with van der Waals surface area (Å²) in [6.07, 6.45) is 2.15. The lowest BCUT2D eigenvalue weighted by molar-refractivity contribution is -0.120. The van der Waals surface area contributed by atoms with Gasteiger partial charge in [0.05, 0.1) is 22.9 Å². The number of halogens is 1. The Balaban J connectivity index is 2.18. The van der Waals surface area contributed by atoms with E-state index in [1.54, 1.807) is 44.2 Å². The average Bonchev–Trinajstić information content (AvgIpc) is 2.58. The highest BCUT2D eigenvalue weighted by Crippen LogP contribution is 2.25. The van der Waals surface area contributed by atoms with Crippen molar-refractivity contribution >= 4 is 43.1 Å². The topological polar surface area (TPSA) is 101 Å². The molecule has 10 heteroatoms. The van der Waals surface area contributed by atoms with Crippen LogP contribution in [0.4, 0.5) is 5.69 Å². The summed E-state index contributed by atoms with van der Waals surface area (Å²) in [5, 5.41) is 3.20. The van der Waals surface area contributed by atoms with Gasteiger partial charge in [-0.05, 0) is 55.3 Å². The van der Waals surface area contributed by atoms with Gasteiger partial charge >= 0.3 is 0 Å². The van der Waals surface area contributed by atoms with Crippen molar-refractivity contribution < 1.29 is 21.6 Å². The molecular formula is C19H23ClN2O5S2. The Labute approximate surface area is 176 Å².